The maximum Gasteiger partial charge on any atom is 0.307 e. The first-order valence-electron chi connectivity index (χ1n) is 11.0. The second-order valence-electron chi connectivity index (χ2n) is 10.2. The molecule has 2 unspecified atom stereocenters. The average Bonchev–Trinajstić information content (AvgIpc) is 2.90. The molecule has 1 saturated carbocycles. The molecule has 2 bridgehead atoms. The molecular weight excluding hydrogens is 378 g/mol. The van der Waals surface area contributed by atoms with Gasteiger partial charge in [0.15, 0.2) is 0 Å². The topological polar surface area (TPSA) is 64.4 Å². The molecule has 6 heteroatoms. The molecule has 0 amide bonds. The van der Waals surface area contributed by atoms with E-state index in [2.05, 4.69) is 25.7 Å². The Labute approximate surface area is 178 Å². The molecule has 30 heavy (non-hydrogen) atoms. The van der Waals surface area contributed by atoms with E-state index < -0.39 is 0 Å². The Bertz CT molecular complexity index is 1040. The number of fused-ring (bicyclic) bond motifs is 3. The van der Waals surface area contributed by atoms with Gasteiger partial charge in [-0.15, -0.1) is 0 Å². The zero-order chi connectivity index (χ0) is 21.7. The van der Waals surface area contributed by atoms with Crippen molar-refractivity contribution in [2.75, 3.05) is 18.1 Å². The van der Waals surface area contributed by atoms with Crippen molar-refractivity contribution < 1.29 is 9.53 Å². The number of para-hydroxylation sites is 1. The van der Waals surface area contributed by atoms with E-state index in [0.29, 0.717) is 24.0 Å². The fourth-order valence-electron chi connectivity index (χ4n) is 5.93. The van der Waals surface area contributed by atoms with Crippen molar-refractivity contribution in [3.05, 3.63) is 34.1 Å². The molecule has 1 aliphatic carbocycles. The number of benzene rings is 1. The van der Waals surface area contributed by atoms with Crippen molar-refractivity contribution in [3.63, 3.8) is 0 Å². The van der Waals surface area contributed by atoms with Gasteiger partial charge in [-0.25, -0.2) is 4.98 Å². The summed E-state index contributed by atoms with van der Waals surface area (Å²) in [5, 5.41) is 0.608. The van der Waals surface area contributed by atoms with Crippen molar-refractivity contribution in [1.82, 2.24) is 9.55 Å². The number of nitrogens with zero attached hydrogens (tertiary/aromatic N) is 3. The molecule has 2 aromatic rings. The van der Waals surface area contributed by atoms with Crippen molar-refractivity contribution in [2.24, 2.45) is 10.8 Å². The SMILES string of the molecule is CCOC(=O)CCn1c(N2CC3(C)CC2CC(C)(C)C3)nc2c(C)cccc2c1=O. The number of carbonyl (C=O) groups is 1. The lowest BCUT2D eigenvalue weighted by Gasteiger charge is -2.39. The molecule has 0 radical (unpaired) electrons. The summed E-state index contributed by atoms with van der Waals surface area (Å²) in [5.74, 6) is 0.422. The summed E-state index contributed by atoms with van der Waals surface area (Å²) in [6.45, 7) is 12.3. The van der Waals surface area contributed by atoms with Crippen LogP contribution < -0.4 is 10.5 Å². The van der Waals surface area contributed by atoms with Crippen LogP contribution in [-0.2, 0) is 16.1 Å². The van der Waals surface area contributed by atoms with Crippen LogP contribution in [0.5, 0.6) is 0 Å². The molecule has 2 fully saturated rings. The maximum absolute atomic E-state index is 13.5. The van der Waals surface area contributed by atoms with E-state index in [0.717, 1.165) is 30.5 Å². The van der Waals surface area contributed by atoms with Gasteiger partial charge >= 0.3 is 5.97 Å². The highest BCUT2D eigenvalue weighted by Gasteiger charge is 2.50. The average molecular weight is 412 g/mol. The minimum absolute atomic E-state index is 0.0751. The second kappa shape index (κ2) is 7.40. The Hall–Kier alpha value is -2.37. The Balaban J connectivity index is 1.81. The second-order valence-corrected chi connectivity index (χ2v) is 10.2. The third kappa shape index (κ3) is 3.72. The van der Waals surface area contributed by atoms with E-state index in [1.165, 1.54) is 6.42 Å². The van der Waals surface area contributed by atoms with Crippen LogP contribution in [0.1, 0.15) is 58.9 Å². The smallest absolute Gasteiger partial charge is 0.307 e. The normalized spacial score (nSPS) is 25.0. The van der Waals surface area contributed by atoms with E-state index in [4.69, 9.17) is 9.72 Å². The summed E-state index contributed by atoms with van der Waals surface area (Å²) < 4.78 is 6.80. The Morgan fingerprint density at radius 2 is 2.03 bits per heavy atom. The number of aryl methyl sites for hydroxylation is 1. The molecule has 162 valence electrons. The fraction of sp³-hybridized carbons (Fsp3) is 0.625. The van der Waals surface area contributed by atoms with Gasteiger partial charge in [0.2, 0.25) is 5.95 Å². The van der Waals surface area contributed by atoms with Crippen LogP contribution in [-0.4, -0.2) is 34.7 Å². The molecule has 0 N–H and O–H groups in total. The van der Waals surface area contributed by atoms with Gasteiger partial charge in [-0.05, 0) is 55.6 Å². The first-order chi connectivity index (χ1) is 14.1. The van der Waals surface area contributed by atoms with Gasteiger partial charge < -0.3 is 9.64 Å². The third-order valence-electron chi connectivity index (χ3n) is 6.68. The van der Waals surface area contributed by atoms with Crippen LogP contribution >= 0.6 is 0 Å². The highest BCUT2D eigenvalue weighted by Crippen LogP contribution is 2.53. The predicted molar refractivity (Wildman–Crippen MR) is 119 cm³/mol. The van der Waals surface area contributed by atoms with Gasteiger partial charge in [-0.2, -0.15) is 0 Å². The number of aromatic nitrogens is 2. The summed E-state index contributed by atoms with van der Waals surface area (Å²) in [6, 6.07) is 6.08. The summed E-state index contributed by atoms with van der Waals surface area (Å²) in [6.07, 6.45) is 3.55. The molecule has 0 spiro atoms. The summed E-state index contributed by atoms with van der Waals surface area (Å²) in [5.41, 5.74) is 2.17. The van der Waals surface area contributed by atoms with E-state index in [1.807, 2.05) is 25.1 Å². The highest BCUT2D eigenvalue weighted by atomic mass is 16.5. The van der Waals surface area contributed by atoms with E-state index in [9.17, 15) is 9.59 Å². The van der Waals surface area contributed by atoms with Crippen LogP contribution in [0.3, 0.4) is 0 Å². The Morgan fingerprint density at radius 1 is 1.27 bits per heavy atom. The summed E-state index contributed by atoms with van der Waals surface area (Å²) >= 11 is 0. The van der Waals surface area contributed by atoms with Crippen molar-refractivity contribution in [1.29, 1.82) is 0 Å². The zero-order valence-corrected chi connectivity index (χ0v) is 18.8. The van der Waals surface area contributed by atoms with Gasteiger partial charge in [0.1, 0.15) is 0 Å². The molecule has 1 aromatic carbocycles. The molecule has 2 atom stereocenters. The lowest BCUT2D eigenvalue weighted by Crippen LogP contribution is -2.38. The molecule has 1 aliphatic heterocycles. The predicted octanol–water partition coefficient (Wildman–Crippen LogP) is 4.06. The number of anilines is 1. The molecule has 4 rings (SSSR count). The third-order valence-corrected chi connectivity index (χ3v) is 6.68. The minimum atomic E-state index is -0.284. The van der Waals surface area contributed by atoms with Gasteiger partial charge in [-0.1, -0.05) is 32.9 Å². The Kier molecular flexibility index (Phi) is 5.15. The lowest BCUT2D eigenvalue weighted by molar-refractivity contribution is -0.143. The number of hydrogen-bond acceptors (Lipinski definition) is 5. The van der Waals surface area contributed by atoms with Crippen LogP contribution in [0.2, 0.25) is 0 Å². The van der Waals surface area contributed by atoms with Gasteiger partial charge in [0.05, 0.1) is 23.9 Å². The zero-order valence-electron chi connectivity index (χ0n) is 18.8. The van der Waals surface area contributed by atoms with Crippen LogP contribution in [0.25, 0.3) is 10.9 Å². The quantitative estimate of drug-likeness (QED) is 0.694. The molecule has 1 saturated heterocycles. The monoisotopic (exact) mass is 411 g/mol. The Morgan fingerprint density at radius 3 is 2.77 bits per heavy atom. The maximum atomic E-state index is 13.5. The lowest BCUT2D eigenvalue weighted by atomic mass is 9.65. The number of ether oxygens (including phenoxy) is 1. The van der Waals surface area contributed by atoms with E-state index >= 15 is 0 Å². The summed E-state index contributed by atoms with van der Waals surface area (Å²) in [7, 11) is 0. The highest BCUT2D eigenvalue weighted by molar-refractivity contribution is 5.82. The fourth-order valence-corrected chi connectivity index (χ4v) is 5.93. The van der Waals surface area contributed by atoms with Crippen LogP contribution in [0.4, 0.5) is 5.95 Å². The molecular formula is C24H33N3O3. The van der Waals surface area contributed by atoms with Crippen molar-refractivity contribution in [2.45, 2.75) is 72.9 Å². The number of esters is 1. The molecule has 2 aliphatic rings. The van der Waals surface area contributed by atoms with Gasteiger partial charge in [0.25, 0.3) is 5.56 Å². The van der Waals surface area contributed by atoms with Crippen molar-refractivity contribution >= 4 is 22.8 Å². The molecule has 1 aromatic heterocycles. The standard InChI is InChI=1S/C24H33N3O3/c1-6-30-19(28)10-11-26-21(29)18-9-7-8-16(2)20(18)25-22(26)27-15-24(5)13-17(27)12-23(3,4)14-24/h7-9,17H,6,10-15H2,1-5H3. The minimum Gasteiger partial charge on any atom is -0.466 e. The van der Waals surface area contributed by atoms with Crippen LogP contribution in [0.15, 0.2) is 23.0 Å². The molecule has 6 nitrogen and oxygen atoms in total. The number of carbonyl (C=O) groups excluding carboxylic acids is 1. The van der Waals surface area contributed by atoms with Gasteiger partial charge in [-0.3, -0.25) is 14.2 Å². The number of hydrogen-bond donors (Lipinski definition) is 0. The van der Waals surface area contributed by atoms with Gasteiger partial charge in [0, 0.05) is 19.1 Å². The van der Waals surface area contributed by atoms with Crippen LogP contribution in [0, 0.1) is 17.8 Å². The van der Waals surface area contributed by atoms with E-state index in [1.54, 1.807) is 11.5 Å². The summed E-state index contributed by atoms with van der Waals surface area (Å²) in [4.78, 5) is 32.9. The van der Waals surface area contributed by atoms with E-state index in [-0.39, 0.29) is 35.3 Å². The first-order valence-corrected chi connectivity index (χ1v) is 11.0. The molecule has 2 heterocycles. The largest absolute Gasteiger partial charge is 0.466 e. The van der Waals surface area contributed by atoms with Crippen molar-refractivity contribution in [3.8, 4) is 0 Å². The first kappa shape index (κ1) is 20.9. The number of rotatable bonds is 5.